The molecule has 1 aromatic rings. The van der Waals surface area contributed by atoms with Crippen LogP contribution in [0.5, 0.6) is 0 Å². The minimum absolute atomic E-state index is 0.466. The largest absolute Gasteiger partial charge is 0.310 e. The standard InChI is InChI=1S/C14H21N3/c1-12(2)17(3)10-9-14(16,11-15)13-7-5-4-6-8-13/h4-8,12H,9-10,16H2,1-3H3. The number of hydrogen-bond acceptors (Lipinski definition) is 3. The predicted octanol–water partition coefficient (Wildman–Crippen LogP) is 2.09. The second-order valence-corrected chi connectivity index (χ2v) is 4.77. The molecule has 0 heterocycles. The van der Waals surface area contributed by atoms with E-state index in [4.69, 9.17) is 5.73 Å². The van der Waals surface area contributed by atoms with Crippen molar-refractivity contribution in [1.82, 2.24) is 4.90 Å². The minimum Gasteiger partial charge on any atom is -0.310 e. The maximum atomic E-state index is 9.30. The van der Waals surface area contributed by atoms with E-state index in [0.29, 0.717) is 12.5 Å². The lowest BCUT2D eigenvalue weighted by molar-refractivity contribution is 0.253. The molecular formula is C14H21N3. The second-order valence-electron chi connectivity index (χ2n) is 4.77. The molecule has 0 saturated carbocycles. The molecule has 92 valence electrons. The predicted molar refractivity (Wildman–Crippen MR) is 70.3 cm³/mol. The van der Waals surface area contributed by atoms with E-state index in [1.165, 1.54) is 0 Å². The first-order valence-corrected chi connectivity index (χ1v) is 5.95. The third-order valence-electron chi connectivity index (χ3n) is 3.23. The van der Waals surface area contributed by atoms with Crippen molar-refractivity contribution in [3.05, 3.63) is 35.9 Å². The van der Waals surface area contributed by atoms with Crippen LogP contribution in [0.3, 0.4) is 0 Å². The Labute approximate surface area is 104 Å². The zero-order valence-electron chi connectivity index (χ0n) is 10.9. The van der Waals surface area contributed by atoms with Crippen LogP contribution in [0.2, 0.25) is 0 Å². The van der Waals surface area contributed by atoms with Crippen molar-refractivity contribution in [3.63, 3.8) is 0 Å². The molecule has 0 fully saturated rings. The van der Waals surface area contributed by atoms with E-state index >= 15 is 0 Å². The first-order chi connectivity index (χ1) is 7.99. The van der Waals surface area contributed by atoms with Crippen LogP contribution in [0.25, 0.3) is 0 Å². The maximum absolute atomic E-state index is 9.30. The smallest absolute Gasteiger partial charge is 0.131 e. The summed E-state index contributed by atoms with van der Waals surface area (Å²) >= 11 is 0. The quantitative estimate of drug-likeness (QED) is 0.844. The van der Waals surface area contributed by atoms with E-state index < -0.39 is 5.54 Å². The van der Waals surface area contributed by atoms with Gasteiger partial charge in [-0.3, -0.25) is 0 Å². The van der Waals surface area contributed by atoms with Gasteiger partial charge in [0.25, 0.3) is 0 Å². The van der Waals surface area contributed by atoms with Gasteiger partial charge in [0, 0.05) is 12.6 Å². The van der Waals surface area contributed by atoms with Crippen LogP contribution in [0.15, 0.2) is 30.3 Å². The minimum atomic E-state index is -0.885. The topological polar surface area (TPSA) is 53.0 Å². The average molecular weight is 231 g/mol. The van der Waals surface area contributed by atoms with Crippen molar-refractivity contribution in [2.75, 3.05) is 13.6 Å². The van der Waals surface area contributed by atoms with Gasteiger partial charge in [-0.1, -0.05) is 30.3 Å². The van der Waals surface area contributed by atoms with Gasteiger partial charge in [-0.2, -0.15) is 5.26 Å². The Morgan fingerprint density at radius 2 is 1.94 bits per heavy atom. The highest BCUT2D eigenvalue weighted by atomic mass is 15.1. The van der Waals surface area contributed by atoms with Crippen molar-refractivity contribution in [3.8, 4) is 6.07 Å². The number of nitriles is 1. The van der Waals surface area contributed by atoms with Gasteiger partial charge in [-0.05, 0) is 32.9 Å². The lowest BCUT2D eigenvalue weighted by Gasteiger charge is -2.27. The highest BCUT2D eigenvalue weighted by Gasteiger charge is 2.27. The van der Waals surface area contributed by atoms with Crippen LogP contribution in [-0.4, -0.2) is 24.5 Å². The molecule has 0 aliphatic heterocycles. The molecular weight excluding hydrogens is 210 g/mol. The molecule has 0 bridgehead atoms. The monoisotopic (exact) mass is 231 g/mol. The molecule has 0 aromatic heterocycles. The zero-order valence-corrected chi connectivity index (χ0v) is 10.9. The van der Waals surface area contributed by atoms with E-state index in [-0.39, 0.29) is 0 Å². The maximum Gasteiger partial charge on any atom is 0.131 e. The SMILES string of the molecule is CC(C)N(C)CCC(N)(C#N)c1ccccc1. The van der Waals surface area contributed by atoms with Crippen molar-refractivity contribution < 1.29 is 0 Å². The van der Waals surface area contributed by atoms with Crippen LogP contribution in [0.1, 0.15) is 25.8 Å². The Morgan fingerprint density at radius 3 is 2.41 bits per heavy atom. The summed E-state index contributed by atoms with van der Waals surface area (Å²) in [6, 6.07) is 12.3. The molecule has 0 aliphatic rings. The van der Waals surface area contributed by atoms with Gasteiger partial charge in [-0.25, -0.2) is 0 Å². The summed E-state index contributed by atoms with van der Waals surface area (Å²) in [4.78, 5) is 2.20. The molecule has 1 rings (SSSR count). The van der Waals surface area contributed by atoms with Crippen LogP contribution < -0.4 is 5.73 Å². The molecule has 0 spiro atoms. The number of nitrogens with zero attached hydrogens (tertiary/aromatic N) is 2. The van der Waals surface area contributed by atoms with Crippen molar-refractivity contribution in [2.24, 2.45) is 5.73 Å². The van der Waals surface area contributed by atoms with Gasteiger partial charge in [-0.15, -0.1) is 0 Å². The summed E-state index contributed by atoms with van der Waals surface area (Å²) in [5.74, 6) is 0. The first kappa shape index (κ1) is 13.7. The summed E-state index contributed by atoms with van der Waals surface area (Å²) in [5, 5.41) is 9.30. The van der Waals surface area contributed by atoms with Crippen LogP contribution in [0.4, 0.5) is 0 Å². The van der Waals surface area contributed by atoms with Gasteiger partial charge in [0.2, 0.25) is 0 Å². The molecule has 1 unspecified atom stereocenters. The molecule has 3 heteroatoms. The van der Waals surface area contributed by atoms with Gasteiger partial charge in [0.05, 0.1) is 6.07 Å². The molecule has 17 heavy (non-hydrogen) atoms. The molecule has 3 nitrogen and oxygen atoms in total. The lowest BCUT2D eigenvalue weighted by atomic mass is 9.89. The van der Waals surface area contributed by atoms with Crippen LogP contribution >= 0.6 is 0 Å². The molecule has 0 radical (unpaired) electrons. The highest BCUT2D eigenvalue weighted by molar-refractivity contribution is 5.30. The molecule has 2 N–H and O–H groups in total. The van der Waals surface area contributed by atoms with E-state index in [1.807, 2.05) is 37.4 Å². The number of benzene rings is 1. The Bertz CT molecular complexity index is 380. The number of hydrogen-bond donors (Lipinski definition) is 1. The Balaban J connectivity index is 2.75. The zero-order chi connectivity index (χ0) is 12.9. The third kappa shape index (κ3) is 3.55. The molecule has 1 aromatic carbocycles. The molecule has 1 atom stereocenters. The number of nitrogens with two attached hydrogens (primary N) is 1. The number of rotatable bonds is 5. The third-order valence-corrected chi connectivity index (χ3v) is 3.23. The summed E-state index contributed by atoms with van der Waals surface area (Å²) in [7, 11) is 2.05. The fraction of sp³-hybridized carbons (Fsp3) is 0.500. The Hall–Kier alpha value is -1.37. The van der Waals surface area contributed by atoms with Gasteiger partial charge in [0.1, 0.15) is 5.54 Å². The van der Waals surface area contributed by atoms with Crippen LogP contribution in [-0.2, 0) is 5.54 Å². The van der Waals surface area contributed by atoms with Crippen LogP contribution in [0, 0.1) is 11.3 Å². The van der Waals surface area contributed by atoms with Crippen molar-refractivity contribution in [2.45, 2.75) is 31.8 Å². The summed E-state index contributed by atoms with van der Waals surface area (Å²) in [5.41, 5.74) is 6.18. The molecule has 0 aliphatic carbocycles. The lowest BCUT2D eigenvalue weighted by Crippen LogP contribution is -2.40. The second kappa shape index (κ2) is 5.81. The van der Waals surface area contributed by atoms with Gasteiger partial charge < -0.3 is 10.6 Å². The normalized spacial score (nSPS) is 14.6. The summed E-state index contributed by atoms with van der Waals surface area (Å²) in [6.07, 6.45) is 0.641. The Kier molecular flexibility index (Phi) is 4.68. The highest BCUT2D eigenvalue weighted by Crippen LogP contribution is 2.21. The molecule has 0 saturated heterocycles. The fourth-order valence-corrected chi connectivity index (χ4v) is 1.61. The summed E-state index contributed by atoms with van der Waals surface area (Å²) in [6.45, 7) is 5.08. The van der Waals surface area contributed by atoms with Crippen molar-refractivity contribution in [1.29, 1.82) is 5.26 Å². The fourth-order valence-electron chi connectivity index (χ4n) is 1.61. The van der Waals surface area contributed by atoms with Gasteiger partial charge in [0.15, 0.2) is 0 Å². The summed E-state index contributed by atoms with van der Waals surface area (Å²) < 4.78 is 0. The van der Waals surface area contributed by atoms with E-state index in [1.54, 1.807) is 0 Å². The first-order valence-electron chi connectivity index (χ1n) is 5.95. The molecule has 0 amide bonds. The van der Waals surface area contributed by atoms with E-state index in [9.17, 15) is 5.26 Å². The average Bonchev–Trinajstić information content (AvgIpc) is 2.36. The van der Waals surface area contributed by atoms with E-state index in [2.05, 4.69) is 24.8 Å². The van der Waals surface area contributed by atoms with Crippen molar-refractivity contribution >= 4 is 0 Å². The Morgan fingerprint density at radius 1 is 1.35 bits per heavy atom. The van der Waals surface area contributed by atoms with Gasteiger partial charge >= 0.3 is 0 Å². The van der Waals surface area contributed by atoms with E-state index in [0.717, 1.165) is 12.1 Å².